The Labute approximate surface area is 397 Å². The van der Waals surface area contributed by atoms with Gasteiger partial charge in [0.2, 0.25) is 5.79 Å². The smallest absolute Gasteiger partial charge is 0.230 e. The maximum atomic E-state index is 9.99. The summed E-state index contributed by atoms with van der Waals surface area (Å²) in [6.07, 6.45) is 29.2. The summed E-state index contributed by atoms with van der Waals surface area (Å²) >= 11 is 3.79. The van der Waals surface area contributed by atoms with E-state index in [2.05, 4.69) is 82.8 Å². The van der Waals surface area contributed by atoms with E-state index >= 15 is 0 Å². The summed E-state index contributed by atoms with van der Waals surface area (Å²) in [5.41, 5.74) is 2.90. The van der Waals surface area contributed by atoms with Crippen LogP contribution < -0.4 is 9.47 Å². The average molecular weight is 920 g/mol. The topological polar surface area (TPSA) is 89.7 Å². The highest BCUT2D eigenvalue weighted by Crippen LogP contribution is 2.62. The number of nitrogens with zero attached hydrogens (tertiary/aromatic N) is 1. The third kappa shape index (κ3) is 16.1. The van der Waals surface area contributed by atoms with Gasteiger partial charge < -0.3 is 29.3 Å². The Morgan fingerprint density at radius 2 is 1.47 bits per heavy atom. The van der Waals surface area contributed by atoms with Crippen LogP contribution in [0, 0.1) is 17.8 Å². The van der Waals surface area contributed by atoms with Gasteiger partial charge in [-0.25, -0.2) is 0 Å². The number of benzene rings is 2. The minimum Gasteiger partial charge on any atom is -0.493 e. The highest BCUT2D eigenvalue weighted by Gasteiger charge is 2.64. The molecule has 3 aliphatic rings. The first-order valence-corrected chi connectivity index (χ1v) is 27.5. The zero-order valence-electron chi connectivity index (χ0n) is 40.3. The van der Waals surface area contributed by atoms with E-state index in [0.29, 0.717) is 19.6 Å². The van der Waals surface area contributed by atoms with Gasteiger partial charge in [-0.15, -0.1) is 18.3 Å². The summed E-state index contributed by atoms with van der Waals surface area (Å²) in [5, 5.41) is 24.9. The molecule has 0 bridgehead atoms. The summed E-state index contributed by atoms with van der Waals surface area (Å²) in [6, 6.07) is 16.9. The molecule has 2 aromatic rings. The van der Waals surface area contributed by atoms with Gasteiger partial charge in [-0.05, 0) is 106 Å². The predicted molar refractivity (Wildman–Crippen MR) is 271 cm³/mol. The number of oxime groups is 1. The minimum atomic E-state index is -0.945. The number of thioether (sulfide) groups is 2. The fourth-order valence-corrected chi connectivity index (χ4v) is 12.3. The van der Waals surface area contributed by atoms with Gasteiger partial charge in [0.15, 0.2) is 0 Å². The average Bonchev–Trinajstić information content (AvgIpc) is 3.29. The molecule has 1 aliphatic heterocycles. The van der Waals surface area contributed by atoms with Gasteiger partial charge in [0.25, 0.3) is 0 Å². The third-order valence-electron chi connectivity index (χ3n) is 13.2. The van der Waals surface area contributed by atoms with E-state index < -0.39 is 11.4 Å². The molecule has 0 saturated heterocycles. The Morgan fingerprint density at radius 1 is 0.812 bits per heavy atom. The molecule has 5 rings (SSSR count). The molecule has 6 atom stereocenters. The fourth-order valence-electron chi connectivity index (χ4n) is 10.1. The number of hydrogen-bond acceptors (Lipinski definition) is 9. The van der Waals surface area contributed by atoms with Gasteiger partial charge in [0.1, 0.15) is 17.1 Å². The van der Waals surface area contributed by atoms with Gasteiger partial charge in [0.05, 0.1) is 30.1 Å². The Bertz CT molecular complexity index is 1680. The number of aliphatic hydroxyl groups excluding tert-OH is 2. The number of hydrogen-bond donors (Lipinski definition) is 2. The monoisotopic (exact) mass is 920 g/mol. The molecule has 1 saturated carbocycles. The largest absolute Gasteiger partial charge is 0.493 e. The van der Waals surface area contributed by atoms with E-state index in [0.717, 1.165) is 79.2 Å². The van der Waals surface area contributed by atoms with E-state index in [1.807, 2.05) is 23.9 Å². The Balaban J connectivity index is 1.40. The van der Waals surface area contributed by atoms with Crippen LogP contribution in [0.1, 0.15) is 174 Å². The Hall–Kier alpha value is -2.43. The third-order valence-corrected chi connectivity index (χ3v) is 15.6. The van der Waals surface area contributed by atoms with Crippen LogP contribution >= 0.6 is 23.5 Å². The number of unbranched alkanes of at least 4 members (excludes halogenated alkanes) is 15. The number of fused-ring (bicyclic) bond motifs is 2. The first kappa shape index (κ1) is 52.5. The van der Waals surface area contributed by atoms with Crippen molar-refractivity contribution in [2.24, 2.45) is 22.9 Å². The quantitative estimate of drug-likeness (QED) is 0.0317. The minimum absolute atomic E-state index is 0.0236. The zero-order chi connectivity index (χ0) is 45.5. The first-order chi connectivity index (χ1) is 31.2. The molecular formula is C55H85NO6S2. The first-order valence-electron chi connectivity index (χ1n) is 25.4. The summed E-state index contributed by atoms with van der Waals surface area (Å²) < 4.78 is 21.1. The van der Waals surface area contributed by atoms with Crippen LogP contribution in [0.2, 0.25) is 0 Å². The molecule has 2 aromatic carbocycles. The van der Waals surface area contributed by atoms with Crippen molar-refractivity contribution in [2.75, 3.05) is 37.9 Å². The highest BCUT2D eigenvalue weighted by molar-refractivity contribution is 8.00. The molecule has 2 N–H and O–H groups in total. The van der Waals surface area contributed by atoms with Crippen molar-refractivity contribution < 1.29 is 29.3 Å². The molecular weight excluding hydrogens is 835 g/mol. The van der Waals surface area contributed by atoms with Gasteiger partial charge >= 0.3 is 0 Å². The standard InChI is InChI=1S/C55H85NO6S2/c1-6-8-9-10-11-12-13-14-15-16-17-18-19-27-38-64-51-42-49(56-62-54(3,4)5)47-40-43(28-23-25-34-57)46(31-24-26-35-58)52-48-41-44(59-37-39-63-45-29-21-20-22-30-45)32-33-50(48)61-55(51,53(47)52)60-36-7-2/h7,20-22,29-30,32-33,40-41,43,46,51-53,57-58H,2,6,8-19,23-28,31,34-39,42H2,1,3-5H3. The Morgan fingerprint density at radius 3 is 2.11 bits per heavy atom. The second-order valence-corrected chi connectivity index (χ2v) is 21.9. The van der Waals surface area contributed by atoms with Crippen molar-refractivity contribution in [2.45, 2.75) is 190 Å². The van der Waals surface area contributed by atoms with E-state index in [1.165, 1.54) is 93.9 Å². The number of allylic oxidation sites excluding steroid dienone is 1. The summed E-state index contributed by atoms with van der Waals surface area (Å²) in [5.74, 6) is 3.07. The van der Waals surface area contributed by atoms with Crippen LogP contribution in [0.15, 0.2) is 82.9 Å². The van der Waals surface area contributed by atoms with Gasteiger partial charge in [-0.3, -0.25) is 0 Å². The lowest BCUT2D eigenvalue weighted by atomic mass is 9.56. The molecule has 2 aliphatic carbocycles. The number of ether oxygens (including phenoxy) is 3. The van der Waals surface area contributed by atoms with E-state index in [9.17, 15) is 10.2 Å². The van der Waals surface area contributed by atoms with E-state index in [-0.39, 0.29) is 42.1 Å². The normalized spacial score (nSPS) is 23.2. The molecule has 9 heteroatoms. The molecule has 0 amide bonds. The predicted octanol–water partition coefficient (Wildman–Crippen LogP) is 14.5. The molecule has 1 fully saturated rings. The van der Waals surface area contributed by atoms with Crippen molar-refractivity contribution in [1.29, 1.82) is 0 Å². The molecule has 358 valence electrons. The van der Waals surface area contributed by atoms with E-state index in [1.54, 1.807) is 11.8 Å². The lowest BCUT2D eigenvalue weighted by Crippen LogP contribution is -2.64. The summed E-state index contributed by atoms with van der Waals surface area (Å²) in [7, 11) is 0. The maximum Gasteiger partial charge on any atom is 0.230 e. The second-order valence-electron chi connectivity index (χ2n) is 19.4. The maximum absolute atomic E-state index is 9.99. The molecule has 0 radical (unpaired) electrons. The van der Waals surface area contributed by atoms with Crippen molar-refractivity contribution in [1.82, 2.24) is 0 Å². The lowest BCUT2D eigenvalue weighted by Gasteiger charge is -2.58. The summed E-state index contributed by atoms with van der Waals surface area (Å²) in [6.45, 7) is 13.9. The van der Waals surface area contributed by atoms with Crippen molar-refractivity contribution in [3.8, 4) is 11.5 Å². The van der Waals surface area contributed by atoms with Crippen molar-refractivity contribution in [3.63, 3.8) is 0 Å². The molecule has 1 heterocycles. The van der Waals surface area contributed by atoms with E-state index in [4.69, 9.17) is 24.2 Å². The van der Waals surface area contributed by atoms with Crippen molar-refractivity contribution in [3.05, 3.63) is 78.4 Å². The zero-order valence-corrected chi connectivity index (χ0v) is 41.9. The molecule has 0 spiro atoms. The summed E-state index contributed by atoms with van der Waals surface area (Å²) in [4.78, 5) is 7.54. The SMILES string of the molecule is C=CCOC12Oc3ccc(OCCSc4ccccc4)cc3C3C(CCCCO)C(CCCCO)C=C(C(=NOC(C)(C)C)CC1SCCCCCCCCCCCCCCCC)C32. The molecule has 0 aromatic heterocycles. The number of aliphatic hydroxyl groups is 2. The molecule has 64 heavy (non-hydrogen) atoms. The second kappa shape index (κ2) is 28.7. The van der Waals surface area contributed by atoms with Crippen LogP contribution in [0.25, 0.3) is 0 Å². The molecule has 7 nitrogen and oxygen atoms in total. The highest BCUT2D eigenvalue weighted by atomic mass is 32.2. The van der Waals surface area contributed by atoms with Crippen molar-refractivity contribution >= 4 is 29.2 Å². The fraction of sp³-hybridized carbons (Fsp3) is 0.691. The lowest BCUT2D eigenvalue weighted by molar-refractivity contribution is -0.223. The van der Waals surface area contributed by atoms with Crippen LogP contribution in [0.5, 0.6) is 11.5 Å². The van der Waals surface area contributed by atoms with Crippen LogP contribution in [-0.2, 0) is 9.57 Å². The van der Waals surface area contributed by atoms with Gasteiger partial charge in [-0.1, -0.05) is 139 Å². The van der Waals surface area contributed by atoms with Crippen LogP contribution in [0.3, 0.4) is 0 Å². The van der Waals surface area contributed by atoms with Crippen LogP contribution in [-0.4, -0.2) is 70.5 Å². The van der Waals surface area contributed by atoms with Gasteiger partial charge in [0, 0.05) is 41.8 Å². The number of rotatable bonds is 33. The molecule has 6 unspecified atom stereocenters. The van der Waals surface area contributed by atoms with Gasteiger partial charge in [-0.2, -0.15) is 11.8 Å². The Kier molecular flexibility index (Phi) is 23.5. The van der Waals surface area contributed by atoms with Crippen LogP contribution in [0.4, 0.5) is 0 Å².